The van der Waals surface area contributed by atoms with Gasteiger partial charge in [0.05, 0.1) is 6.61 Å². The fraction of sp³-hybridized carbons (Fsp3) is 0.500. The fourth-order valence-corrected chi connectivity index (χ4v) is 1.66. The maximum Gasteiger partial charge on any atom is 0.146 e. The Labute approximate surface area is 86.2 Å². The first kappa shape index (κ1) is 8.45. The molecule has 2 heteroatoms. The number of ether oxygens (including phenoxy) is 2. The maximum atomic E-state index is 7.86. The summed E-state index contributed by atoms with van der Waals surface area (Å²) in [5.41, 5.74) is 1.25. The molecule has 3 atom stereocenters. The summed E-state index contributed by atoms with van der Waals surface area (Å²) in [7, 11) is 1.61. The summed E-state index contributed by atoms with van der Waals surface area (Å²) in [6, 6.07) is 10.2. The van der Waals surface area contributed by atoms with E-state index in [1.54, 1.807) is 7.11 Å². The van der Waals surface area contributed by atoms with E-state index in [1.807, 2.05) is 18.2 Å². The summed E-state index contributed by atoms with van der Waals surface area (Å²) < 4.78 is 18.0. The third-order valence-electron chi connectivity index (χ3n) is 2.47. The van der Waals surface area contributed by atoms with Crippen molar-refractivity contribution in [2.24, 2.45) is 5.92 Å². The standard InChI is InChI=1S/C12H16O2/c1-13-9-14-8-11-7-12(11)10-5-3-2-4-6-10/h2-6,11-12H,7-9H2,1H3/t11-,12-/m0/s1/i7D/t7-,11-,12-. The van der Waals surface area contributed by atoms with Crippen LogP contribution in [0.3, 0.4) is 0 Å². The summed E-state index contributed by atoms with van der Waals surface area (Å²) in [6.07, 6.45) is -0.00995. The summed E-state index contributed by atoms with van der Waals surface area (Å²) >= 11 is 0. The van der Waals surface area contributed by atoms with E-state index in [0.717, 1.165) is 0 Å². The van der Waals surface area contributed by atoms with Gasteiger partial charge in [0.1, 0.15) is 6.79 Å². The first-order valence-corrected chi connectivity index (χ1v) is 4.88. The molecule has 1 aromatic rings. The molecule has 1 saturated carbocycles. The van der Waals surface area contributed by atoms with Gasteiger partial charge in [-0.2, -0.15) is 0 Å². The number of benzene rings is 1. The van der Waals surface area contributed by atoms with Crippen LogP contribution in [0.25, 0.3) is 0 Å². The monoisotopic (exact) mass is 193 g/mol. The molecule has 0 aliphatic heterocycles. The van der Waals surface area contributed by atoms with E-state index >= 15 is 0 Å². The molecule has 0 N–H and O–H groups in total. The zero-order valence-electron chi connectivity index (χ0n) is 9.35. The number of rotatable bonds is 5. The maximum absolute atomic E-state index is 7.86. The summed E-state index contributed by atoms with van der Waals surface area (Å²) in [4.78, 5) is 0. The third kappa shape index (κ3) is 2.34. The van der Waals surface area contributed by atoms with Crippen LogP contribution >= 0.6 is 0 Å². The van der Waals surface area contributed by atoms with E-state index in [9.17, 15) is 0 Å². The van der Waals surface area contributed by atoms with E-state index in [-0.39, 0.29) is 6.40 Å². The summed E-state index contributed by atoms with van der Waals surface area (Å²) in [6.45, 7) is 0.951. The highest BCUT2D eigenvalue weighted by atomic mass is 16.7. The van der Waals surface area contributed by atoms with E-state index < -0.39 is 0 Å². The van der Waals surface area contributed by atoms with Crippen LogP contribution in [0.1, 0.15) is 19.2 Å². The van der Waals surface area contributed by atoms with Crippen molar-refractivity contribution in [1.29, 1.82) is 0 Å². The van der Waals surface area contributed by atoms with E-state index in [0.29, 0.717) is 25.2 Å². The number of hydrogen-bond acceptors (Lipinski definition) is 2. The number of hydrogen-bond donors (Lipinski definition) is 0. The van der Waals surface area contributed by atoms with Gasteiger partial charge < -0.3 is 9.47 Å². The summed E-state index contributed by atoms with van der Waals surface area (Å²) in [5, 5.41) is 0. The normalized spacial score (nSPS) is 31.2. The molecule has 0 saturated heterocycles. The van der Waals surface area contributed by atoms with Crippen LogP contribution < -0.4 is 0 Å². The largest absolute Gasteiger partial charge is 0.359 e. The van der Waals surface area contributed by atoms with Crippen molar-refractivity contribution >= 4 is 0 Å². The van der Waals surface area contributed by atoms with Gasteiger partial charge in [-0.3, -0.25) is 0 Å². The smallest absolute Gasteiger partial charge is 0.146 e. The SMILES string of the molecule is [2H][C@H]1[C@@H](COCOC)[C@@H]1c1ccccc1. The molecule has 14 heavy (non-hydrogen) atoms. The first-order chi connectivity index (χ1) is 7.34. The Hall–Kier alpha value is -0.860. The van der Waals surface area contributed by atoms with Gasteiger partial charge in [0.15, 0.2) is 0 Å². The molecule has 0 unspecified atom stereocenters. The van der Waals surface area contributed by atoms with E-state index in [4.69, 9.17) is 10.8 Å². The fourth-order valence-electron chi connectivity index (χ4n) is 1.66. The first-order valence-electron chi connectivity index (χ1n) is 5.46. The molecule has 0 bridgehead atoms. The van der Waals surface area contributed by atoms with E-state index in [2.05, 4.69) is 12.1 Å². The highest BCUT2D eigenvalue weighted by molar-refractivity contribution is 5.25. The van der Waals surface area contributed by atoms with Gasteiger partial charge in [0.2, 0.25) is 0 Å². The third-order valence-corrected chi connectivity index (χ3v) is 2.47. The second kappa shape index (κ2) is 4.58. The zero-order valence-corrected chi connectivity index (χ0v) is 8.35. The van der Waals surface area contributed by atoms with Gasteiger partial charge in [0, 0.05) is 8.48 Å². The van der Waals surface area contributed by atoms with Crippen LogP contribution in [0.5, 0.6) is 0 Å². The van der Waals surface area contributed by atoms with Gasteiger partial charge >= 0.3 is 0 Å². The lowest BCUT2D eigenvalue weighted by Crippen LogP contribution is -2.00. The van der Waals surface area contributed by atoms with Crippen molar-refractivity contribution in [3.8, 4) is 0 Å². The van der Waals surface area contributed by atoms with Crippen LogP contribution in [0, 0.1) is 5.92 Å². The Morgan fingerprint density at radius 2 is 2.21 bits per heavy atom. The molecule has 1 fully saturated rings. The second-order valence-electron chi connectivity index (χ2n) is 3.57. The van der Waals surface area contributed by atoms with Crippen molar-refractivity contribution in [2.75, 3.05) is 20.5 Å². The quantitative estimate of drug-likeness (QED) is 0.528. The van der Waals surface area contributed by atoms with Gasteiger partial charge in [-0.05, 0) is 23.8 Å². The van der Waals surface area contributed by atoms with Crippen LogP contribution in [0.15, 0.2) is 30.3 Å². The molecule has 2 rings (SSSR count). The van der Waals surface area contributed by atoms with Crippen molar-refractivity contribution in [3.63, 3.8) is 0 Å². The van der Waals surface area contributed by atoms with E-state index in [1.165, 1.54) is 5.56 Å². The molecular formula is C12H16O2. The number of methoxy groups -OCH3 is 1. The Morgan fingerprint density at radius 1 is 1.43 bits per heavy atom. The molecule has 1 aromatic carbocycles. The lowest BCUT2D eigenvalue weighted by Gasteiger charge is -2.02. The van der Waals surface area contributed by atoms with Crippen LogP contribution in [-0.4, -0.2) is 20.5 Å². The Balaban J connectivity index is 1.86. The minimum Gasteiger partial charge on any atom is -0.359 e. The molecule has 0 heterocycles. The van der Waals surface area contributed by atoms with Gasteiger partial charge in [-0.15, -0.1) is 0 Å². The lowest BCUT2D eigenvalue weighted by atomic mass is 10.1. The van der Waals surface area contributed by atoms with Gasteiger partial charge in [0.25, 0.3) is 0 Å². The van der Waals surface area contributed by atoms with Crippen molar-refractivity contribution in [1.82, 2.24) is 0 Å². The van der Waals surface area contributed by atoms with Crippen molar-refractivity contribution < 1.29 is 10.8 Å². The Kier molecular flexibility index (Phi) is 2.76. The van der Waals surface area contributed by atoms with Gasteiger partial charge in [-0.25, -0.2) is 0 Å². The average molecular weight is 193 g/mol. The molecule has 0 spiro atoms. The van der Waals surface area contributed by atoms with Gasteiger partial charge in [-0.1, -0.05) is 30.3 Å². The van der Waals surface area contributed by atoms with Crippen molar-refractivity contribution in [2.45, 2.75) is 12.3 Å². The van der Waals surface area contributed by atoms with Crippen LogP contribution in [0.4, 0.5) is 0 Å². The predicted molar refractivity (Wildman–Crippen MR) is 55.1 cm³/mol. The highest BCUT2D eigenvalue weighted by Gasteiger charge is 2.37. The summed E-state index contributed by atoms with van der Waals surface area (Å²) in [5.74, 6) is 0.686. The Bertz CT molecular complexity index is 302. The molecule has 0 radical (unpaired) electrons. The molecule has 1 aliphatic rings. The molecule has 2 nitrogen and oxygen atoms in total. The predicted octanol–water partition coefficient (Wildman–Crippen LogP) is 2.41. The average Bonchev–Trinajstić information content (AvgIpc) is 2.91. The molecule has 0 aromatic heterocycles. The molecule has 1 aliphatic carbocycles. The van der Waals surface area contributed by atoms with Crippen molar-refractivity contribution in [3.05, 3.63) is 35.9 Å². The molecule has 76 valence electrons. The lowest BCUT2D eigenvalue weighted by molar-refractivity contribution is -0.0348. The molecule has 0 amide bonds. The Morgan fingerprint density at radius 3 is 2.93 bits per heavy atom. The zero-order chi connectivity index (χ0) is 10.7. The second-order valence-corrected chi connectivity index (χ2v) is 3.57. The van der Waals surface area contributed by atoms with Crippen LogP contribution in [0.2, 0.25) is 0 Å². The molecular weight excluding hydrogens is 176 g/mol. The minimum absolute atomic E-state index is 0.00995. The highest BCUT2D eigenvalue weighted by Crippen LogP contribution is 2.47. The van der Waals surface area contributed by atoms with Crippen LogP contribution in [-0.2, 0) is 9.47 Å². The topological polar surface area (TPSA) is 18.5 Å². The minimum atomic E-state index is -0.00995.